The van der Waals surface area contributed by atoms with E-state index in [1.165, 1.54) is 4.90 Å². The number of carbonyl (C=O) groups is 3. The van der Waals surface area contributed by atoms with Crippen molar-refractivity contribution >= 4 is 17.8 Å². The summed E-state index contributed by atoms with van der Waals surface area (Å²) in [5.74, 6) is -2.52. The second-order valence-corrected chi connectivity index (χ2v) is 10.8. The fraction of sp³-hybridized carbons (Fsp3) is 0.750. The first-order chi connectivity index (χ1) is 18.4. The van der Waals surface area contributed by atoms with Gasteiger partial charge in [-0.25, -0.2) is 0 Å². The first-order valence-corrected chi connectivity index (χ1v) is 14.0. The van der Waals surface area contributed by atoms with Gasteiger partial charge in [-0.15, -0.1) is 13.2 Å². The third-order valence-corrected chi connectivity index (χ3v) is 8.48. The first kappa shape index (κ1) is 28.7. The smallest absolute Gasteiger partial charge is 0.312 e. The van der Waals surface area contributed by atoms with Gasteiger partial charge in [0.2, 0.25) is 11.8 Å². The molecule has 4 heterocycles. The maximum atomic E-state index is 14.2. The molecular weight excluding hydrogens is 490 g/mol. The number of morpholine rings is 1. The lowest BCUT2D eigenvalue weighted by atomic mass is 9.70. The van der Waals surface area contributed by atoms with E-state index in [2.05, 4.69) is 18.1 Å². The van der Waals surface area contributed by atoms with Crippen molar-refractivity contribution in [1.82, 2.24) is 14.7 Å². The van der Waals surface area contributed by atoms with Gasteiger partial charge in [0.25, 0.3) is 0 Å². The maximum absolute atomic E-state index is 14.2. The number of aliphatic hydroxyl groups is 1. The zero-order chi connectivity index (χ0) is 27.3. The molecule has 2 amide bonds. The topological polar surface area (TPSA) is 109 Å². The van der Waals surface area contributed by atoms with E-state index < -0.39 is 41.6 Å². The second-order valence-electron chi connectivity index (χ2n) is 10.8. The number of fused-ring (bicyclic) bond motifs is 1. The number of allylic oxidation sites excluding steroid dienone is 1. The molecule has 0 aromatic rings. The number of nitrogens with zero attached hydrogens (tertiary/aromatic N) is 3. The average Bonchev–Trinajstić information content (AvgIpc) is 3.58. The number of unbranched alkanes of at least 4 members (excludes halogenated alkanes) is 2. The summed E-state index contributed by atoms with van der Waals surface area (Å²) < 4.78 is 17.5. The molecule has 4 aliphatic heterocycles. The van der Waals surface area contributed by atoms with Gasteiger partial charge in [0, 0.05) is 32.7 Å². The zero-order valence-corrected chi connectivity index (χ0v) is 22.6. The summed E-state index contributed by atoms with van der Waals surface area (Å²) >= 11 is 0. The molecular formula is C28H43N3O7. The molecule has 10 heteroatoms. The SMILES string of the molecule is C=CCCCCOC(=O)[C@@H]1[C@@H]2CCC3(O2)C(C(=O)N(CC=C)CCN2CCOCC2)N([C@H](C)CO)C(=O)[C@H]13. The quantitative estimate of drug-likeness (QED) is 0.200. The Morgan fingerprint density at radius 1 is 1.26 bits per heavy atom. The molecule has 4 fully saturated rings. The molecule has 0 aromatic carbocycles. The van der Waals surface area contributed by atoms with Crippen LogP contribution in [0.3, 0.4) is 0 Å². The minimum Gasteiger partial charge on any atom is -0.465 e. The monoisotopic (exact) mass is 533 g/mol. The van der Waals surface area contributed by atoms with Crippen LogP contribution in [0.25, 0.3) is 0 Å². The van der Waals surface area contributed by atoms with E-state index in [4.69, 9.17) is 14.2 Å². The number of hydrogen-bond donors (Lipinski definition) is 1. The van der Waals surface area contributed by atoms with E-state index in [-0.39, 0.29) is 25.0 Å². The van der Waals surface area contributed by atoms with Crippen molar-refractivity contribution in [1.29, 1.82) is 0 Å². The van der Waals surface area contributed by atoms with E-state index in [1.807, 2.05) is 6.08 Å². The van der Waals surface area contributed by atoms with Crippen LogP contribution in [-0.2, 0) is 28.6 Å². The van der Waals surface area contributed by atoms with E-state index in [0.717, 1.165) is 25.9 Å². The predicted molar refractivity (Wildman–Crippen MR) is 140 cm³/mol. The lowest BCUT2D eigenvalue weighted by Crippen LogP contribution is -2.59. The van der Waals surface area contributed by atoms with Crippen molar-refractivity contribution in [2.24, 2.45) is 11.8 Å². The zero-order valence-electron chi connectivity index (χ0n) is 22.6. The minimum absolute atomic E-state index is 0.228. The Bertz CT molecular complexity index is 892. The van der Waals surface area contributed by atoms with Crippen LogP contribution in [0, 0.1) is 11.8 Å². The number of rotatable bonds is 14. The van der Waals surface area contributed by atoms with Crippen LogP contribution in [0.4, 0.5) is 0 Å². The highest BCUT2D eigenvalue weighted by Gasteiger charge is 2.75. The Morgan fingerprint density at radius 2 is 2.03 bits per heavy atom. The Hall–Kier alpha value is -2.27. The summed E-state index contributed by atoms with van der Waals surface area (Å²) in [5.41, 5.74) is -1.10. The molecule has 0 saturated carbocycles. The van der Waals surface area contributed by atoms with Gasteiger partial charge in [-0.1, -0.05) is 12.2 Å². The second kappa shape index (κ2) is 12.7. The van der Waals surface area contributed by atoms with Crippen molar-refractivity contribution < 1.29 is 33.7 Å². The van der Waals surface area contributed by atoms with Crippen molar-refractivity contribution in [2.75, 3.05) is 59.2 Å². The maximum Gasteiger partial charge on any atom is 0.312 e. The number of carbonyl (C=O) groups excluding carboxylic acids is 3. The predicted octanol–water partition coefficient (Wildman–Crippen LogP) is 0.988. The number of esters is 1. The lowest BCUT2D eigenvalue weighted by Gasteiger charge is -2.39. The summed E-state index contributed by atoms with van der Waals surface area (Å²) in [4.78, 5) is 46.8. The van der Waals surface area contributed by atoms with Crippen molar-refractivity contribution in [2.45, 2.75) is 62.8 Å². The van der Waals surface area contributed by atoms with Gasteiger partial charge in [-0.05, 0) is 39.0 Å². The summed E-state index contributed by atoms with van der Waals surface area (Å²) in [6, 6.07) is -1.51. The highest BCUT2D eigenvalue weighted by Crippen LogP contribution is 2.59. The number of hydrogen-bond acceptors (Lipinski definition) is 8. The molecule has 2 unspecified atom stereocenters. The van der Waals surface area contributed by atoms with Crippen molar-refractivity contribution in [3.8, 4) is 0 Å². The number of ether oxygens (including phenoxy) is 3. The van der Waals surface area contributed by atoms with Crippen LogP contribution >= 0.6 is 0 Å². The molecule has 1 spiro atoms. The van der Waals surface area contributed by atoms with Gasteiger partial charge in [0.05, 0.1) is 50.4 Å². The molecule has 0 radical (unpaired) electrons. The molecule has 2 bridgehead atoms. The Balaban J connectivity index is 1.55. The number of amides is 2. The summed E-state index contributed by atoms with van der Waals surface area (Å²) in [6.07, 6.45) is 6.59. The summed E-state index contributed by atoms with van der Waals surface area (Å²) in [5, 5.41) is 10.0. The Kier molecular flexibility index (Phi) is 9.62. The van der Waals surface area contributed by atoms with Crippen LogP contribution < -0.4 is 0 Å². The van der Waals surface area contributed by atoms with Crippen LogP contribution in [-0.4, -0.2) is 121 Å². The van der Waals surface area contributed by atoms with Gasteiger partial charge in [0.15, 0.2) is 0 Å². The largest absolute Gasteiger partial charge is 0.465 e. The molecule has 0 aromatic heterocycles. The molecule has 4 rings (SSSR count). The fourth-order valence-electron chi connectivity index (χ4n) is 6.57. The van der Waals surface area contributed by atoms with Crippen molar-refractivity contribution in [3.05, 3.63) is 25.3 Å². The third-order valence-electron chi connectivity index (χ3n) is 8.48. The first-order valence-electron chi connectivity index (χ1n) is 14.0. The van der Waals surface area contributed by atoms with Crippen LogP contribution in [0.2, 0.25) is 0 Å². The molecule has 10 nitrogen and oxygen atoms in total. The van der Waals surface area contributed by atoms with Gasteiger partial charge in [-0.2, -0.15) is 0 Å². The van der Waals surface area contributed by atoms with Gasteiger partial charge in [-0.3, -0.25) is 19.3 Å². The highest BCUT2D eigenvalue weighted by atomic mass is 16.6. The van der Waals surface area contributed by atoms with E-state index in [9.17, 15) is 19.5 Å². The molecule has 38 heavy (non-hydrogen) atoms. The highest BCUT2D eigenvalue weighted by molar-refractivity contribution is 5.98. The molecule has 1 N–H and O–H groups in total. The van der Waals surface area contributed by atoms with Gasteiger partial charge in [0.1, 0.15) is 11.6 Å². The van der Waals surface area contributed by atoms with Gasteiger partial charge < -0.3 is 29.1 Å². The molecule has 0 aliphatic carbocycles. The van der Waals surface area contributed by atoms with E-state index in [0.29, 0.717) is 52.1 Å². The lowest BCUT2D eigenvalue weighted by molar-refractivity contribution is -0.156. The summed E-state index contributed by atoms with van der Waals surface area (Å²) in [6.45, 7) is 13.7. The van der Waals surface area contributed by atoms with E-state index >= 15 is 0 Å². The Morgan fingerprint density at radius 3 is 2.71 bits per heavy atom. The molecule has 4 saturated heterocycles. The Labute approximate surface area is 225 Å². The van der Waals surface area contributed by atoms with Crippen LogP contribution in [0.1, 0.15) is 39.0 Å². The normalized spacial score (nSPS) is 31.2. The van der Waals surface area contributed by atoms with E-state index in [1.54, 1.807) is 17.9 Å². The van der Waals surface area contributed by atoms with Crippen molar-refractivity contribution in [3.63, 3.8) is 0 Å². The molecule has 212 valence electrons. The van der Waals surface area contributed by atoms with Gasteiger partial charge >= 0.3 is 5.97 Å². The fourth-order valence-corrected chi connectivity index (χ4v) is 6.57. The number of likely N-dealkylation sites (tertiary alicyclic amines) is 1. The summed E-state index contributed by atoms with van der Waals surface area (Å²) in [7, 11) is 0. The molecule has 4 aliphatic rings. The average molecular weight is 534 g/mol. The van der Waals surface area contributed by atoms with Crippen LogP contribution in [0.5, 0.6) is 0 Å². The third kappa shape index (κ3) is 5.41. The molecule has 6 atom stereocenters. The standard InChI is InChI=1S/C28H43N3O7/c1-4-6-7-8-16-37-27(35)22-21-9-10-28(38-21)23(22)25(33)31(20(3)19-32)24(28)26(34)30(11-5-2)13-12-29-14-17-36-18-15-29/h4-5,20-24,32H,1-2,6-19H2,3H3/t20-,21+,22-,23+,24?,28?/m1/s1. The number of aliphatic hydroxyl groups excluding tert-OH is 1. The minimum atomic E-state index is -1.10. The van der Waals surface area contributed by atoms with Crippen LogP contribution in [0.15, 0.2) is 25.3 Å².